The molecule has 0 bridgehead atoms. The van der Waals surface area contributed by atoms with Gasteiger partial charge in [0, 0.05) is 6.07 Å². The number of esters is 1. The average Bonchev–Trinajstić information content (AvgIpc) is 2.87. The Kier molecular flexibility index (Phi) is 5.03. The molecule has 1 aliphatic carbocycles. The molecule has 1 fully saturated rings. The number of carbonyl (C=O) groups is 3. The molecule has 0 spiro atoms. The number of benzene rings is 1. The van der Waals surface area contributed by atoms with Crippen LogP contribution in [0.1, 0.15) is 23.2 Å². The third-order valence-corrected chi connectivity index (χ3v) is 4.85. The highest BCUT2D eigenvalue weighted by molar-refractivity contribution is 6.32. The summed E-state index contributed by atoms with van der Waals surface area (Å²) in [5.41, 5.74) is -0.430. The quantitative estimate of drug-likeness (QED) is 0.256. The van der Waals surface area contributed by atoms with Gasteiger partial charge in [-0.25, -0.2) is 4.79 Å². The van der Waals surface area contributed by atoms with Crippen molar-refractivity contribution >= 4 is 35.1 Å². The average molecular weight is 379 g/mol. The summed E-state index contributed by atoms with van der Waals surface area (Å²) >= 11 is 5.70. The van der Waals surface area contributed by atoms with Gasteiger partial charge in [-0.1, -0.05) is 23.8 Å². The molecule has 1 heterocycles. The predicted molar refractivity (Wildman–Crippen MR) is 90.5 cm³/mol. The standard InChI is InChI=1S/C17H15ClN2O6/c18-13-6-5-10(9-14(13)20(24)25)17(23)26-8-7-19-15(21)11-3-1-2-4-12(11)16(19)22/h1-2,5-6,9,11-12H,3-4,7-8H2/t11-,12+. The Labute approximate surface area is 153 Å². The van der Waals surface area contributed by atoms with E-state index in [0.717, 1.165) is 11.0 Å². The molecular weight excluding hydrogens is 364 g/mol. The second kappa shape index (κ2) is 7.25. The van der Waals surface area contributed by atoms with Crippen LogP contribution >= 0.6 is 11.6 Å². The highest BCUT2D eigenvalue weighted by atomic mass is 35.5. The third kappa shape index (κ3) is 3.32. The van der Waals surface area contributed by atoms with Crippen LogP contribution in [0.15, 0.2) is 30.4 Å². The molecule has 136 valence electrons. The molecule has 2 aliphatic rings. The lowest BCUT2D eigenvalue weighted by Crippen LogP contribution is -2.34. The molecule has 2 amide bonds. The highest BCUT2D eigenvalue weighted by Gasteiger charge is 2.46. The maximum absolute atomic E-state index is 12.3. The smallest absolute Gasteiger partial charge is 0.338 e. The molecule has 0 aromatic heterocycles. The number of nitrogens with zero attached hydrogens (tertiary/aromatic N) is 2. The van der Waals surface area contributed by atoms with E-state index in [1.165, 1.54) is 12.1 Å². The summed E-state index contributed by atoms with van der Waals surface area (Å²) in [7, 11) is 0. The van der Waals surface area contributed by atoms with Crippen molar-refractivity contribution in [3.63, 3.8) is 0 Å². The molecule has 1 aromatic rings. The van der Waals surface area contributed by atoms with Crippen molar-refractivity contribution in [3.05, 3.63) is 51.1 Å². The fraction of sp³-hybridized carbons (Fsp3) is 0.353. The minimum atomic E-state index is -0.789. The maximum Gasteiger partial charge on any atom is 0.338 e. The molecule has 3 rings (SSSR count). The van der Waals surface area contributed by atoms with Gasteiger partial charge in [-0.2, -0.15) is 0 Å². The number of allylic oxidation sites excluding steroid dienone is 2. The number of carbonyl (C=O) groups excluding carboxylic acids is 3. The summed E-state index contributed by atoms with van der Waals surface area (Å²) in [6.07, 6.45) is 4.87. The molecule has 8 nitrogen and oxygen atoms in total. The Balaban J connectivity index is 1.59. The van der Waals surface area contributed by atoms with Gasteiger partial charge in [0.05, 0.1) is 28.9 Å². The molecule has 9 heteroatoms. The van der Waals surface area contributed by atoms with Gasteiger partial charge in [-0.3, -0.25) is 24.6 Å². The number of amides is 2. The third-order valence-electron chi connectivity index (χ3n) is 4.53. The van der Waals surface area contributed by atoms with Crippen LogP contribution in [0.2, 0.25) is 5.02 Å². The van der Waals surface area contributed by atoms with Gasteiger partial charge in [-0.05, 0) is 25.0 Å². The first-order valence-electron chi connectivity index (χ1n) is 8.01. The van der Waals surface area contributed by atoms with E-state index in [4.69, 9.17) is 16.3 Å². The predicted octanol–water partition coefficient (Wildman–Crippen LogP) is 2.36. The van der Waals surface area contributed by atoms with Crippen LogP contribution in [0, 0.1) is 22.0 Å². The molecule has 0 N–H and O–H groups in total. The van der Waals surface area contributed by atoms with Gasteiger partial charge in [-0.15, -0.1) is 0 Å². The summed E-state index contributed by atoms with van der Waals surface area (Å²) in [5, 5.41) is 10.8. The zero-order valence-electron chi connectivity index (χ0n) is 13.6. The second-order valence-electron chi connectivity index (χ2n) is 6.04. The lowest BCUT2D eigenvalue weighted by Gasteiger charge is -2.14. The van der Waals surface area contributed by atoms with Gasteiger partial charge < -0.3 is 4.74 Å². The van der Waals surface area contributed by atoms with Gasteiger partial charge in [0.15, 0.2) is 0 Å². The Bertz CT molecular complexity index is 795. The number of likely N-dealkylation sites (tertiary alicyclic amines) is 1. The molecule has 26 heavy (non-hydrogen) atoms. The minimum absolute atomic E-state index is 0.0296. The van der Waals surface area contributed by atoms with Gasteiger partial charge >= 0.3 is 5.97 Å². The number of fused-ring (bicyclic) bond motifs is 1. The number of rotatable bonds is 5. The number of hydrogen-bond acceptors (Lipinski definition) is 6. The normalized spacial score (nSPS) is 21.7. The fourth-order valence-corrected chi connectivity index (χ4v) is 3.37. The molecule has 2 atom stereocenters. The first kappa shape index (κ1) is 18.1. The van der Waals surface area contributed by atoms with E-state index < -0.39 is 16.6 Å². The Morgan fingerprint density at radius 3 is 2.42 bits per heavy atom. The Hall–Kier alpha value is -2.74. The Morgan fingerprint density at radius 1 is 1.23 bits per heavy atom. The molecule has 0 unspecified atom stereocenters. The number of hydrogen-bond donors (Lipinski definition) is 0. The zero-order chi connectivity index (χ0) is 18.8. The van der Waals surface area contributed by atoms with E-state index in [2.05, 4.69) is 0 Å². The number of nitro benzene ring substituents is 1. The first-order chi connectivity index (χ1) is 12.4. The van der Waals surface area contributed by atoms with Crippen molar-refractivity contribution in [2.45, 2.75) is 12.8 Å². The number of nitro groups is 1. The highest BCUT2D eigenvalue weighted by Crippen LogP contribution is 2.34. The molecule has 1 saturated heterocycles. The van der Waals surface area contributed by atoms with Gasteiger partial charge in [0.2, 0.25) is 11.8 Å². The van der Waals surface area contributed by atoms with E-state index in [0.29, 0.717) is 12.8 Å². The summed E-state index contributed by atoms with van der Waals surface area (Å²) < 4.78 is 5.05. The van der Waals surface area contributed by atoms with Gasteiger partial charge in [0.25, 0.3) is 5.69 Å². The van der Waals surface area contributed by atoms with Crippen molar-refractivity contribution in [2.75, 3.05) is 13.2 Å². The van der Waals surface area contributed by atoms with Crippen molar-refractivity contribution in [2.24, 2.45) is 11.8 Å². The fourth-order valence-electron chi connectivity index (χ4n) is 3.18. The van der Waals surface area contributed by atoms with Crippen LogP contribution in [-0.4, -0.2) is 40.8 Å². The Morgan fingerprint density at radius 2 is 1.85 bits per heavy atom. The lowest BCUT2D eigenvalue weighted by atomic mass is 9.85. The lowest BCUT2D eigenvalue weighted by molar-refractivity contribution is -0.384. The molecule has 1 aromatic carbocycles. The van der Waals surface area contributed by atoms with E-state index in [9.17, 15) is 24.5 Å². The molecule has 1 aliphatic heterocycles. The maximum atomic E-state index is 12.3. The van der Waals surface area contributed by atoms with Crippen LogP contribution in [-0.2, 0) is 14.3 Å². The number of imide groups is 1. The summed E-state index contributed by atoms with van der Waals surface area (Å²) in [4.78, 5) is 47.9. The summed E-state index contributed by atoms with van der Waals surface area (Å²) in [6, 6.07) is 3.57. The van der Waals surface area contributed by atoms with Crippen LogP contribution in [0.3, 0.4) is 0 Å². The van der Waals surface area contributed by atoms with Crippen molar-refractivity contribution in [3.8, 4) is 0 Å². The van der Waals surface area contributed by atoms with Crippen molar-refractivity contribution in [1.82, 2.24) is 4.90 Å². The second-order valence-corrected chi connectivity index (χ2v) is 6.45. The molecular formula is C17H15ClN2O6. The monoisotopic (exact) mass is 378 g/mol. The number of ether oxygens (including phenoxy) is 1. The largest absolute Gasteiger partial charge is 0.460 e. The van der Waals surface area contributed by atoms with Crippen LogP contribution in [0.5, 0.6) is 0 Å². The van der Waals surface area contributed by atoms with Crippen LogP contribution < -0.4 is 0 Å². The topological polar surface area (TPSA) is 107 Å². The zero-order valence-corrected chi connectivity index (χ0v) is 14.3. The van der Waals surface area contributed by atoms with E-state index >= 15 is 0 Å². The van der Waals surface area contributed by atoms with Crippen LogP contribution in [0.25, 0.3) is 0 Å². The van der Waals surface area contributed by atoms with Crippen molar-refractivity contribution < 1.29 is 24.0 Å². The van der Waals surface area contributed by atoms with Gasteiger partial charge in [0.1, 0.15) is 11.6 Å². The van der Waals surface area contributed by atoms with Crippen LogP contribution in [0.4, 0.5) is 5.69 Å². The SMILES string of the molecule is O=C(OCCN1C(=O)[C@H]2CC=CC[C@H]2C1=O)c1ccc(Cl)c([N+](=O)[O-])c1. The molecule has 0 saturated carbocycles. The summed E-state index contributed by atoms with van der Waals surface area (Å²) in [5.74, 6) is -1.95. The first-order valence-corrected chi connectivity index (χ1v) is 8.39. The minimum Gasteiger partial charge on any atom is -0.460 e. The van der Waals surface area contributed by atoms with Crippen molar-refractivity contribution in [1.29, 1.82) is 0 Å². The molecule has 0 radical (unpaired) electrons. The van der Waals surface area contributed by atoms with E-state index in [-0.39, 0.29) is 47.4 Å². The van der Waals surface area contributed by atoms with E-state index in [1.54, 1.807) is 0 Å². The summed E-state index contributed by atoms with van der Waals surface area (Å²) in [6.45, 7) is -0.217. The number of halogens is 1. The van der Waals surface area contributed by atoms with E-state index in [1.807, 2.05) is 12.2 Å².